The molecule has 2 aliphatic heterocycles. The molecule has 9 atom stereocenters. The molecule has 22 nitrogen and oxygen atoms in total. The van der Waals surface area contributed by atoms with Gasteiger partial charge in [0.05, 0.1) is 19.1 Å². The zero-order valence-electron chi connectivity index (χ0n) is 30.6. The van der Waals surface area contributed by atoms with E-state index in [-0.39, 0.29) is 64.1 Å². The number of ether oxygens (including phenoxy) is 1. The molecule has 22 heteroatoms. The number of nitrogens with two attached hydrogens (primary N) is 3. The van der Waals surface area contributed by atoms with Crippen LogP contribution in [0.5, 0.6) is 0 Å². The van der Waals surface area contributed by atoms with E-state index in [0.29, 0.717) is 5.56 Å². The van der Waals surface area contributed by atoms with Gasteiger partial charge in [-0.05, 0) is 37.7 Å². The summed E-state index contributed by atoms with van der Waals surface area (Å²) in [5.74, 6) is -6.75. The Balaban J connectivity index is 1.84. The minimum atomic E-state index is -1.73. The molecule has 310 valence electrons. The van der Waals surface area contributed by atoms with Crippen LogP contribution in [0.1, 0.15) is 44.1 Å². The molecule has 2 saturated heterocycles. The molecular formula is C34H52N10O12. The number of aliphatic hydroxyl groups excluding tert-OH is 3. The molecule has 0 saturated carbocycles. The number of unbranched alkanes of at least 4 members (excludes halogenated alkanes) is 1. The third-order valence-corrected chi connectivity index (χ3v) is 9.00. The lowest BCUT2D eigenvalue weighted by molar-refractivity contribution is -0.217. The Morgan fingerprint density at radius 2 is 1.39 bits per heavy atom. The first-order valence-corrected chi connectivity index (χ1v) is 18.1. The van der Waals surface area contributed by atoms with Crippen LogP contribution < -0.4 is 49.1 Å². The van der Waals surface area contributed by atoms with E-state index in [1.54, 1.807) is 30.3 Å². The summed E-state index contributed by atoms with van der Waals surface area (Å²) in [6.07, 6.45) is -7.92. The molecule has 2 aliphatic rings. The summed E-state index contributed by atoms with van der Waals surface area (Å²) in [6, 6.07) is 2.94. The van der Waals surface area contributed by atoms with Gasteiger partial charge in [0, 0.05) is 26.1 Å². The van der Waals surface area contributed by atoms with Crippen LogP contribution in [0.2, 0.25) is 0 Å². The average molecular weight is 793 g/mol. The highest BCUT2D eigenvalue weighted by atomic mass is 16.5. The molecule has 0 bridgehead atoms. The Hall–Kier alpha value is -5.42. The van der Waals surface area contributed by atoms with Gasteiger partial charge < -0.3 is 74.3 Å². The fourth-order valence-corrected chi connectivity index (χ4v) is 5.98. The smallest absolute Gasteiger partial charge is 0.305 e. The predicted molar refractivity (Wildman–Crippen MR) is 196 cm³/mol. The van der Waals surface area contributed by atoms with Crippen LogP contribution in [0.4, 0.5) is 0 Å². The molecule has 2 unspecified atom stereocenters. The van der Waals surface area contributed by atoms with Gasteiger partial charge >= 0.3 is 5.97 Å². The second-order valence-corrected chi connectivity index (χ2v) is 13.3. The molecule has 3 rings (SSSR count). The molecular weight excluding hydrogens is 740 g/mol. The fraction of sp³-hybridized carbons (Fsp3) is 0.588. The second-order valence-electron chi connectivity index (χ2n) is 13.3. The van der Waals surface area contributed by atoms with Crippen molar-refractivity contribution in [2.24, 2.45) is 22.2 Å². The van der Waals surface area contributed by atoms with Gasteiger partial charge in [-0.2, -0.15) is 0 Å². The van der Waals surface area contributed by atoms with Crippen LogP contribution in [0, 0.1) is 0 Å². The number of hydrogen-bond acceptors (Lipinski definition) is 13. The number of nitrogens with one attached hydrogen (secondary N) is 6. The van der Waals surface area contributed by atoms with Gasteiger partial charge in [0.1, 0.15) is 42.5 Å². The maximum Gasteiger partial charge on any atom is 0.305 e. The first-order valence-electron chi connectivity index (χ1n) is 18.1. The molecule has 2 fully saturated rings. The summed E-state index contributed by atoms with van der Waals surface area (Å²) < 4.78 is 5.39. The number of carboxylic acid groups (broad SMARTS) is 1. The quantitative estimate of drug-likeness (QED) is 0.0447. The zero-order chi connectivity index (χ0) is 41.4. The van der Waals surface area contributed by atoms with Crippen LogP contribution in [0.25, 0.3) is 0 Å². The van der Waals surface area contributed by atoms with Crippen molar-refractivity contribution in [1.29, 1.82) is 0 Å². The van der Waals surface area contributed by atoms with Crippen molar-refractivity contribution in [3.8, 4) is 0 Å². The number of aliphatic hydroxyl groups is 3. The number of amides is 6. The molecule has 0 aromatic heterocycles. The lowest BCUT2D eigenvalue weighted by Gasteiger charge is -2.39. The molecule has 2 heterocycles. The van der Waals surface area contributed by atoms with Crippen molar-refractivity contribution in [3.63, 3.8) is 0 Å². The molecule has 1 aromatic rings. The van der Waals surface area contributed by atoms with E-state index in [0.717, 1.165) is 0 Å². The van der Waals surface area contributed by atoms with E-state index in [1.165, 1.54) is 0 Å². The van der Waals surface area contributed by atoms with Crippen molar-refractivity contribution >= 4 is 47.4 Å². The van der Waals surface area contributed by atoms with Gasteiger partial charge in [-0.1, -0.05) is 30.3 Å². The van der Waals surface area contributed by atoms with Crippen LogP contribution in [-0.2, 0) is 44.7 Å². The number of aliphatic carboxylic acids is 1. The average Bonchev–Trinajstić information content (AvgIpc) is 3.15. The van der Waals surface area contributed by atoms with Crippen LogP contribution in [0.3, 0.4) is 0 Å². The van der Waals surface area contributed by atoms with Gasteiger partial charge in [0.15, 0.2) is 12.1 Å². The third kappa shape index (κ3) is 14.0. The summed E-state index contributed by atoms with van der Waals surface area (Å²) in [7, 11) is 0. The minimum Gasteiger partial charge on any atom is -0.481 e. The minimum absolute atomic E-state index is 0.00581. The van der Waals surface area contributed by atoms with Crippen LogP contribution in [0.15, 0.2) is 35.3 Å². The number of guanidine groups is 1. The molecule has 56 heavy (non-hydrogen) atoms. The maximum absolute atomic E-state index is 13.9. The number of carbonyl (C=O) groups is 7. The zero-order valence-corrected chi connectivity index (χ0v) is 30.6. The van der Waals surface area contributed by atoms with E-state index in [9.17, 15) is 54.0 Å². The van der Waals surface area contributed by atoms with Crippen molar-refractivity contribution < 1.29 is 58.7 Å². The van der Waals surface area contributed by atoms with Gasteiger partial charge in [0.2, 0.25) is 29.5 Å². The normalized spacial score (nSPS) is 27.9. The van der Waals surface area contributed by atoms with E-state index < -0.39 is 109 Å². The molecule has 16 N–H and O–H groups in total. The topological polar surface area (TPSA) is 372 Å². The molecule has 6 amide bonds. The van der Waals surface area contributed by atoms with E-state index in [2.05, 4.69) is 36.9 Å². The monoisotopic (exact) mass is 792 g/mol. The standard InChI is InChI=1S/C34H52N10O12/c35-15-22-25(48)26(49)27(50)28(56-22)33(55)38-11-5-4-9-19-30(52)42-18(10-6-12-39-34(36)37)29(51)40-16-23(45)41-21(14-24(46)47)32(54)44-20(31(53)43-19)13-17-7-2-1-3-8-17/h1-3,7-8,18-22,25-28,48-50H,4-6,9-16,35H2,(H,38,55)(H,40,51)(H,41,45)(H,42,52)(H,43,53)(H,44,54)(H,46,47)(H4,36,37,39)/t18-,19-,20+,21-,22+,25-,26?,27-,28?/m0/s1. The predicted octanol–water partition coefficient (Wildman–Crippen LogP) is -6.08. The summed E-state index contributed by atoms with van der Waals surface area (Å²) in [5, 5.41) is 54.8. The Morgan fingerprint density at radius 1 is 0.786 bits per heavy atom. The summed E-state index contributed by atoms with van der Waals surface area (Å²) in [4.78, 5) is 95.4. The van der Waals surface area contributed by atoms with Crippen molar-refractivity contribution in [1.82, 2.24) is 31.9 Å². The molecule has 1 aromatic carbocycles. The Bertz CT molecular complexity index is 1560. The third-order valence-electron chi connectivity index (χ3n) is 9.00. The Morgan fingerprint density at radius 3 is 2.04 bits per heavy atom. The number of hydrogen-bond donors (Lipinski definition) is 13. The molecule has 0 aliphatic carbocycles. The van der Waals surface area contributed by atoms with E-state index >= 15 is 0 Å². The van der Waals surface area contributed by atoms with Gasteiger partial charge in [-0.25, -0.2) is 0 Å². The highest BCUT2D eigenvalue weighted by Gasteiger charge is 2.46. The maximum atomic E-state index is 13.9. The first-order chi connectivity index (χ1) is 26.6. The first kappa shape index (κ1) is 45.0. The summed E-state index contributed by atoms with van der Waals surface area (Å²) in [6.45, 7) is -0.822. The Kier molecular flexibility index (Phi) is 17.8. The molecule has 0 spiro atoms. The van der Waals surface area contributed by atoms with Crippen molar-refractivity contribution in [3.05, 3.63) is 35.9 Å². The fourth-order valence-electron chi connectivity index (χ4n) is 5.98. The second kappa shape index (κ2) is 22.2. The van der Waals surface area contributed by atoms with E-state index in [1.807, 2.05) is 0 Å². The largest absolute Gasteiger partial charge is 0.481 e. The van der Waals surface area contributed by atoms with Crippen LogP contribution >= 0.6 is 0 Å². The number of benzene rings is 1. The lowest BCUT2D eigenvalue weighted by atomic mass is 9.94. The highest BCUT2D eigenvalue weighted by Crippen LogP contribution is 2.21. The number of rotatable bonds is 15. The Labute approximate surface area is 321 Å². The van der Waals surface area contributed by atoms with Gasteiger partial charge in [0.25, 0.3) is 5.91 Å². The van der Waals surface area contributed by atoms with Gasteiger partial charge in [-0.3, -0.25) is 38.6 Å². The number of carbonyl (C=O) groups excluding carboxylic acids is 6. The van der Waals surface area contributed by atoms with Crippen molar-refractivity contribution in [2.45, 2.75) is 99.6 Å². The summed E-state index contributed by atoms with van der Waals surface area (Å²) >= 11 is 0. The number of aliphatic imine (C=N–C) groups is 1. The number of nitrogens with zero attached hydrogens (tertiary/aromatic N) is 1. The highest BCUT2D eigenvalue weighted by molar-refractivity contribution is 5.98. The molecule has 0 radical (unpaired) electrons. The van der Waals surface area contributed by atoms with Gasteiger partial charge in [-0.15, -0.1) is 0 Å². The lowest BCUT2D eigenvalue weighted by Crippen LogP contribution is -2.62. The number of carboxylic acids is 1. The SMILES string of the molecule is NC[C@H]1OC(C(=O)NCCCC[C@@H]2NC(=O)[C@@H](Cc3ccccc3)NC(=O)[C@H](CC(=O)O)NC(=O)CNC(=O)[C@H](CCCN=C(N)N)NC2=O)[C@@H](O)C(O)[C@H]1O. The van der Waals surface area contributed by atoms with E-state index in [4.69, 9.17) is 21.9 Å². The summed E-state index contributed by atoms with van der Waals surface area (Å²) in [5.41, 5.74) is 16.9. The van der Waals surface area contributed by atoms with Crippen molar-refractivity contribution in [2.75, 3.05) is 26.2 Å². The van der Waals surface area contributed by atoms with Crippen LogP contribution in [-0.4, -0.2) is 149 Å².